The molecule has 2 N–H and O–H groups in total. The molecule has 0 unspecified atom stereocenters. The summed E-state index contributed by atoms with van der Waals surface area (Å²) in [5, 5.41) is 12.2. The van der Waals surface area contributed by atoms with Crippen LogP contribution >= 0.6 is 39.5 Å². The van der Waals surface area contributed by atoms with Crippen LogP contribution in [-0.4, -0.2) is 27.5 Å². The third-order valence-electron chi connectivity index (χ3n) is 5.38. The van der Waals surface area contributed by atoms with Gasteiger partial charge in [0, 0.05) is 9.35 Å². The van der Waals surface area contributed by atoms with Crippen molar-refractivity contribution in [1.82, 2.24) is 9.78 Å². The average molecular weight is 570 g/mol. The Morgan fingerprint density at radius 2 is 1.83 bits per heavy atom. The number of carbonyl (C=O) groups excluding carboxylic acids is 1. The number of aromatic nitrogens is 2. The number of hydrogen-bond donors (Lipinski definition) is 2. The Kier molecular flexibility index (Phi) is 8.00. The van der Waals surface area contributed by atoms with E-state index in [2.05, 4.69) is 43.8 Å². The minimum atomic E-state index is -0.383. The van der Waals surface area contributed by atoms with Crippen LogP contribution < -0.4 is 10.6 Å². The largest absolute Gasteiger partial charge is 0.462 e. The first kappa shape index (κ1) is 25.1. The van der Waals surface area contributed by atoms with Crippen molar-refractivity contribution in [2.45, 2.75) is 27.3 Å². The van der Waals surface area contributed by atoms with Gasteiger partial charge in [-0.2, -0.15) is 5.10 Å². The van der Waals surface area contributed by atoms with Crippen LogP contribution in [0.2, 0.25) is 0 Å². The molecule has 0 saturated heterocycles. The van der Waals surface area contributed by atoms with Gasteiger partial charge in [0.2, 0.25) is 0 Å². The first-order valence-electron chi connectivity index (χ1n) is 11.1. The smallest absolute Gasteiger partial charge is 0.341 e. The predicted octanol–water partition coefficient (Wildman–Crippen LogP) is 7.02. The molecule has 0 aliphatic heterocycles. The summed E-state index contributed by atoms with van der Waals surface area (Å²) in [6, 6.07) is 19.9. The zero-order valence-corrected chi connectivity index (χ0v) is 22.8. The quantitative estimate of drug-likeness (QED) is 0.184. The van der Waals surface area contributed by atoms with Crippen molar-refractivity contribution >= 4 is 61.3 Å². The van der Waals surface area contributed by atoms with Crippen LogP contribution in [0.4, 0.5) is 10.7 Å². The Labute approximate surface area is 222 Å². The second-order valence-electron chi connectivity index (χ2n) is 7.85. The number of esters is 1. The summed E-state index contributed by atoms with van der Waals surface area (Å²) in [5.74, 6) is -0.383. The number of benzene rings is 2. The van der Waals surface area contributed by atoms with Gasteiger partial charge in [-0.1, -0.05) is 58.4 Å². The van der Waals surface area contributed by atoms with Gasteiger partial charge >= 0.3 is 5.97 Å². The second-order valence-corrected chi connectivity index (χ2v) is 10.2. The molecule has 2 heterocycles. The average Bonchev–Trinajstić information content (AvgIpc) is 3.38. The number of carbonyl (C=O) groups is 1. The Hall–Kier alpha value is -3.01. The van der Waals surface area contributed by atoms with Crippen molar-refractivity contribution in [2.75, 3.05) is 17.2 Å². The van der Waals surface area contributed by atoms with Crippen LogP contribution in [0.5, 0.6) is 0 Å². The first-order chi connectivity index (χ1) is 16.9. The maximum atomic E-state index is 12.6. The van der Waals surface area contributed by atoms with Gasteiger partial charge in [-0.05, 0) is 62.3 Å². The topological polar surface area (TPSA) is 68.2 Å². The molecule has 2 aromatic heterocycles. The molecule has 4 aromatic rings. The molecule has 2 aromatic carbocycles. The molecule has 6 nitrogen and oxygen atoms in total. The fourth-order valence-electron chi connectivity index (χ4n) is 3.63. The van der Waals surface area contributed by atoms with Gasteiger partial charge in [0.25, 0.3) is 0 Å². The molecule has 0 saturated carbocycles. The summed E-state index contributed by atoms with van der Waals surface area (Å²) in [6.45, 7) is 6.69. The number of hydrogen-bond acceptors (Lipinski definition) is 5. The van der Waals surface area contributed by atoms with Gasteiger partial charge in [0.1, 0.15) is 5.00 Å². The number of halogens is 1. The summed E-state index contributed by atoms with van der Waals surface area (Å²) in [5.41, 5.74) is 5.28. The van der Waals surface area contributed by atoms with Gasteiger partial charge in [-0.15, -0.1) is 11.3 Å². The highest BCUT2D eigenvalue weighted by atomic mass is 79.9. The third-order valence-corrected chi connectivity index (χ3v) is 7.21. The lowest BCUT2D eigenvalue weighted by atomic mass is 10.1. The van der Waals surface area contributed by atoms with Crippen molar-refractivity contribution in [3.05, 3.63) is 87.7 Å². The van der Waals surface area contributed by atoms with Crippen molar-refractivity contribution in [2.24, 2.45) is 0 Å². The number of ether oxygens (including phenoxy) is 1. The van der Waals surface area contributed by atoms with E-state index in [0.717, 1.165) is 37.6 Å². The molecule has 0 spiro atoms. The molecule has 0 radical (unpaired) electrons. The lowest BCUT2D eigenvalue weighted by Gasteiger charge is -2.11. The fourth-order valence-corrected chi connectivity index (χ4v) is 5.22. The van der Waals surface area contributed by atoms with Crippen LogP contribution in [0.1, 0.15) is 34.2 Å². The minimum absolute atomic E-state index is 0.299. The number of nitrogens with one attached hydrogen (secondary N) is 2. The van der Waals surface area contributed by atoms with Crippen LogP contribution in [0.25, 0.3) is 10.4 Å². The summed E-state index contributed by atoms with van der Waals surface area (Å²) < 4.78 is 8.26. The van der Waals surface area contributed by atoms with Crippen LogP contribution in [0.15, 0.2) is 65.1 Å². The number of aryl methyl sites for hydroxylation is 1. The van der Waals surface area contributed by atoms with Crippen molar-refractivity contribution in [3.63, 3.8) is 0 Å². The molecule has 0 amide bonds. The molecule has 0 atom stereocenters. The summed E-state index contributed by atoms with van der Waals surface area (Å²) in [6.07, 6.45) is 0. The number of anilines is 2. The SMILES string of the molecule is CCOC(=O)c1cc(-c2ccccc2)sc1NC(=S)Nc1c(C)nn(Cc2ccc(Br)cc2)c1C. The van der Waals surface area contributed by atoms with Crippen molar-refractivity contribution in [3.8, 4) is 10.4 Å². The Bertz CT molecular complexity index is 1350. The van der Waals surface area contributed by atoms with Crippen LogP contribution in [0, 0.1) is 13.8 Å². The van der Waals surface area contributed by atoms with E-state index >= 15 is 0 Å². The summed E-state index contributed by atoms with van der Waals surface area (Å²) in [4.78, 5) is 13.6. The lowest BCUT2D eigenvalue weighted by Crippen LogP contribution is -2.21. The highest BCUT2D eigenvalue weighted by Gasteiger charge is 2.20. The highest BCUT2D eigenvalue weighted by Crippen LogP contribution is 2.36. The standard InChI is InChI=1S/C26H25BrN4O2S2/c1-4-33-25(32)21-14-22(19-8-6-5-7-9-19)35-24(21)29-26(34)28-23-16(2)30-31(17(23)3)15-18-10-12-20(27)13-11-18/h5-14H,4,15H2,1-3H3,(H2,28,29,34). The molecule has 0 aliphatic carbocycles. The van der Waals surface area contributed by atoms with E-state index in [4.69, 9.17) is 17.0 Å². The van der Waals surface area contributed by atoms with Crippen LogP contribution in [0.3, 0.4) is 0 Å². The van der Waals surface area contributed by atoms with Crippen molar-refractivity contribution in [1.29, 1.82) is 0 Å². The fraction of sp³-hybridized carbons (Fsp3) is 0.192. The van der Waals surface area contributed by atoms with E-state index in [1.54, 1.807) is 6.92 Å². The van der Waals surface area contributed by atoms with Gasteiger partial charge in [-0.25, -0.2) is 4.79 Å². The molecule has 35 heavy (non-hydrogen) atoms. The minimum Gasteiger partial charge on any atom is -0.462 e. The molecular formula is C26H25BrN4O2S2. The summed E-state index contributed by atoms with van der Waals surface area (Å²) >= 11 is 10.5. The van der Waals surface area contributed by atoms with Gasteiger partial charge in [-0.3, -0.25) is 4.68 Å². The Morgan fingerprint density at radius 3 is 2.51 bits per heavy atom. The van der Waals surface area contributed by atoms with Crippen molar-refractivity contribution < 1.29 is 9.53 Å². The van der Waals surface area contributed by atoms with Gasteiger partial charge < -0.3 is 15.4 Å². The third kappa shape index (κ3) is 5.98. The molecule has 180 valence electrons. The molecule has 9 heteroatoms. The van der Waals surface area contributed by atoms with E-state index in [1.807, 2.05) is 67.1 Å². The number of thiophene rings is 1. The van der Waals surface area contributed by atoms with E-state index in [1.165, 1.54) is 11.3 Å². The first-order valence-corrected chi connectivity index (χ1v) is 13.1. The second kappa shape index (κ2) is 11.2. The zero-order valence-electron chi connectivity index (χ0n) is 19.6. The molecular weight excluding hydrogens is 544 g/mol. The van der Waals surface area contributed by atoms with E-state index in [0.29, 0.717) is 28.8 Å². The lowest BCUT2D eigenvalue weighted by molar-refractivity contribution is 0.0528. The molecule has 0 bridgehead atoms. The molecule has 0 fully saturated rings. The van der Waals surface area contributed by atoms with Gasteiger partial charge in [0.15, 0.2) is 5.11 Å². The number of rotatable bonds is 7. The summed E-state index contributed by atoms with van der Waals surface area (Å²) in [7, 11) is 0. The molecule has 4 rings (SSSR count). The van der Waals surface area contributed by atoms with E-state index < -0.39 is 0 Å². The Balaban J connectivity index is 1.54. The zero-order chi connectivity index (χ0) is 24.9. The maximum Gasteiger partial charge on any atom is 0.341 e. The maximum absolute atomic E-state index is 12.6. The highest BCUT2D eigenvalue weighted by molar-refractivity contribution is 9.10. The normalized spacial score (nSPS) is 10.7. The molecule has 0 aliphatic rings. The van der Waals surface area contributed by atoms with Crippen LogP contribution in [-0.2, 0) is 11.3 Å². The Morgan fingerprint density at radius 1 is 1.11 bits per heavy atom. The number of nitrogens with zero attached hydrogens (tertiary/aromatic N) is 2. The van der Waals surface area contributed by atoms with E-state index in [-0.39, 0.29) is 5.97 Å². The van der Waals surface area contributed by atoms with E-state index in [9.17, 15) is 4.79 Å². The van der Waals surface area contributed by atoms with Gasteiger partial charge in [0.05, 0.1) is 35.8 Å². The monoisotopic (exact) mass is 568 g/mol. The predicted molar refractivity (Wildman–Crippen MR) is 150 cm³/mol. The number of thiocarbonyl (C=S) groups is 1.